The van der Waals surface area contributed by atoms with Crippen LogP contribution in [0.5, 0.6) is 0 Å². The Balaban J connectivity index is 2.73. The lowest BCUT2D eigenvalue weighted by atomic mass is 10.1. The lowest BCUT2D eigenvalue weighted by molar-refractivity contribution is 0.434. The molecule has 1 heterocycles. The highest BCUT2D eigenvalue weighted by Crippen LogP contribution is 2.10. The number of hydrazine groups is 1. The molecular formula is C5H11N3. The summed E-state index contributed by atoms with van der Waals surface area (Å²) in [6, 6.07) is 0. The average molecular weight is 113 g/mol. The standard InChI is InChI=1S/C5H11N3/c1-4-3-7-8-5(4,2)6/h3,7-8H,6H2,1-2H3. The minimum absolute atomic E-state index is 0.347. The smallest absolute Gasteiger partial charge is 0.104 e. The Morgan fingerprint density at radius 3 is 2.50 bits per heavy atom. The molecule has 46 valence electrons. The number of rotatable bonds is 0. The lowest BCUT2D eigenvalue weighted by Crippen LogP contribution is -2.51. The summed E-state index contributed by atoms with van der Waals surface area (Å²) in [6.45, 7) is 3.89. The molecule has 1 aliphatic heterocycles. The Kier molecular flexibility index (Phi) is 1.03. The van der Waals surface area contributed by atoms with Crippen molar-refractivity contribution in [3.63, 3.8) is 0 Å². The fourth-order valence-electron chi connectivity index (χ4n) is 0.543. The van der Waals surface area contributed by atoms with E-state index >= 15 is 0 Å². The normalized spacial score (nSPS) is 36.6. The van der Waals surface area contributed by atoms with Crippen LogP contribution < -0.4 is 16.6 Å². The number of hydrogen-bond acceptors (Lipinski definition) is 3. The van der Waals surface area contributed by atoms with Crippen LogP contribution >= 0.6 is 0 Å². The quantitative estimate of drug-likeness (QED) is 0.403. The Bertz CT molecular complexity index is 126. The van der Waals surface area contributed by atoms with E-state index in [0.29, 0.717) is 0 Å². The Morgan fingerprint density at radius 2 is 2.38 bits per heavy atom. The van der Waals surface area contributed by atoms with Crippen LogP contribution in [0, 0.1) is 0 Å². The second-order valence-electron chi connectivity index (χ2n) is 2.30. The van der Waals surface area contributed by atoms with Crippen molar-refractivity contribution < 1.29 is 0 Å². The molecule has 3 nitrogen and oxygen atoms in total. The van der Waals surface area contributed by atoms with Gasteiger partial charge in [0, 0.05) is 6.20 Å². The zero-order valence-corrected chi connectivity index (χ0v) is 5.15. The maximum absolute atomic E-state index is 5.68. The van der Waals surface area contributed by atoms with Crippen LogP contribution in [0.1, 0.15) is 13.8 Å². The summed E-state index contributed by atoms with van der Waals surface area (Å²) in [7, 11) is 0. The molecule has 1 rings (SSSR count). The second-order valence-corrected chi connectivity index (χ2v) is 2.30. The van der Waals surface area contributed by atoms with Crippen molar-refractivity contribution in [2.75, 3.05) is 0 Å². The van der Waals surface area contributed by atoms with Crippen molar-refractivity contribution in [2.24, 2.45) is 5.73 Å². The van der Waals surface area contributed by atoms with E-state index in [1.165, 1.54) is 0 Å². The van der Waals surface area contributed by atoms with Gasteiger partial charge in [-0.25, -0.2) is 5.43 Å². The molecule has 0 bridgehead atoms. The molecule has 3 heteroatoms. The van der Waals surface area contributed by atoms with Crippen molar-refractivity contribution >= 4 is 0 Å². The summed E-state index contributed by atoms with van der Waals surface area (Å²) in [5, 5.41) is 0. The second kappa shape index (κ2) is 1.47. The first kappa shape index (κ1) is 5.59. The highest BCUT2D eigenvalue weighted by atomic mass is 15.4. The highest BCUT2D eigenvalue weighted by molar-refractivity contribution is 5.16. The van der Waals surface area contributed by atoms with Gasteiger partial charge < -0.3 is 11.2 Å². The molecule has 1 unspecified atom stereocenters. The monoisotopic (exact) mass is 113 g/mol. The van der Waals surface area contributed by atoms with Crippen molar-refractivity contribution in [2.45, 2.75) is 19.5 Å². The summed E-state index contributed by atoms with van der Waals surface area (Å²) in [6.07, 6.45) is 1.86. The minimum atomic E-state index is -0.347. The van der Waals surface area contributed by atoms with E-state index in [0.717, 1.165) is 5.57 Å². The predicted octanol–water partition coefficient (Wildman–Crippen LogP) is -0.327. The van der Waals surface area contributed by atoms with Crippen LogP contribution in [0.3, 0.4) is 0 Å². The fourth-order valence-corrected chi connectivity index (χ4v) is 0.543. The van der Waals surface area contributed by atoms with E-state index in [1.54, 1.807) is 0 Å². The number of nitrogens with one attached hydrogen (secondary N) is 2. The van der Waals surface area contributed by atoms with Crippen LogP contribution in [-0.4, -0.2) is 5.66 Å². The van der Waals surface area contributed by atoms with Gasteiger partial charge in [0.25, 0.3) is 0 Å². The zero-order valence-electron chi connectivity index (χ0n) is 5.15. The van der Waals surface area contributed by atoms with Crippen LogP contribution in [0.15, 0.2) is 11.8 Å². The summed E-state index contributed by atoms with van der Waals surface area (Å²) in [5.41, 5.74) is 12.2. The minimum Gasteiger partial charge on any atom is -0.327 e. The third-order valence-electron chi connectivity index (χ3n) is 1.44. The third kappa shape index (κ3) is 0.700. The van der Waals surface area contributed by atoms with Crippen LogP contribution in [0.4, 0.5) is 0 Å². The van der Waals surface area contributed by atoms with Gasteiger partial charge in [-0.05, 0) is 19.4 Å². The lowest BCUT2D eigenvalue weighted by Gasteiger charge is -2.18. The van der Waals surface area contributed by atoms with E-state index in [2.05, 4.69) is 10.9 Å². The van der Waals surface area contributed by atoms with Crippen LogP contribution in [0.2, 0.25) is 0 Å². The SMILES string of the molecule is CC1=CNNC1(C)N. The van der Waals surface area contributed by atoms with E-state index in [-0.39, 0.29) is 5.66 Å². The molecule has 1 atom stereocenters. The van der Waals surface area contributed by atoms with Crippen molar-refractivity contribution in [1.82, 2.24) is 10.9 Å². The third-order valence-corrected chi connectivity index (χ3v) is 1.44. The molecule has 0 aromatic carbocycles. The molecule has 0 fully saturated rings. The molecule has 8 heavy (non-hydrogen) atoms. The van der Waals surface area contributed by atoms with Gasteiger partial charge in [0.2, 0.25) is 0 Å². The summed E-state index contributed by atoms with van der Waals surface area (Å²) >= 11 is 0. The maximum Gasteiger partial charge on any atom is 0.104 e. The molecule has 0 saturated carbocycles. The van der Waals surface area contributed by atoms with Gasteiger partial charge >= 0.3 is 0 Å². The van der Waals surface area contributed by atoms with E-state index in [4.69, 9.17) is 5.73 Å². The molecular weight excluding hydrogens is 102 g/mol. The summed E-state index contributed by atoms with van der Waals surface area (Å²) in [5.74, 6) is 0. The van der Waals surface area contributed by atoms with Gasteiger partial charge in [-0.3, -0.25) is 0 Å². The van der Waals surface area contributed by atoms with Gasteiger partial charge in [-0.15, -0.1) is 0 Å². The van der Waals surface area contributed by atoms with Crippen LogP contribution in [0.25, 0.3) is 0 Å². The zero-order chi connectivity index (χ0) is 6.20. The van der Waals surface area contributed by atoms with E-state index in [1.807, 2.05) is 20.0 Å². The molecule has 0 aliphatic carbocycles. The molecule has 0 radical (unpaired) electrons. The Morgan fingerprint density at radius 1 is 1.75 bits per heavy atom. The highest BCUT2D eigenvalue weighted by Gasteiger charge is 2.23. The van der Waals surface area contributed by atoms with Gasteiger partial charge in [0.1, 0.15) is 5.66 Å². The van der Waals surface area contributed by atoms with Crippen LogP contribution in [-0.2, 0) is 0 Å². The first-order valence-corrected chi connectivity index (χ1v) is 2.62. The Labute approximate surface area is 48.9 Å². The van der Waals surface area contributed by atoms with Crippen molar-refractivity contribution in [3.05, 3.63) is 11.8 Å². The molecule has 1 aliphatic rings. The summed E-state index contributed by atoms with van der Waals surface area (Å²) < 4.78 is 0. The van der Waals surface area contributed by atoms with Gasteiger partial charge in [-0.1, -0.05) is 0 Å². The Hall–Kier alpha value is -0.540. The fraction of sp³-hybridized carbons (Fsp3) is 0.600. The summed E-state index contributed by atoms with van der Waals surface area (Å²) in [4.78, 5) is 0. The first-order chi connectivity index (χ1) is 3.63. The van der Waals surface area contributed by atoms with Gasteiger partial charge in [0.05, 0.1) is 0 Å². The molecule has 0 saturated heterocycles. The molecule has 0 amide bonds. The number of nitrogens with two attached hydrogens (primary N) is 1. The largest absolute Gasteiger partial charge is 0.327 e. The maximum atomic E-state index is 5.68. The van der Waals surface area contributed by atoms with E-state index < -0.39 is 0 Å². The van der Waals surface area contributed by atoms with E-state index in [9.17, 15) is 0 Å². The molecule has 0 aromatic rings. The van der Waals surface area contributed by atoms with Crippen molar-refractivity contribution in [3.8, 4) is 0 Å². The number of hydrogen-bond donors (Lipinski definition) is 3. The first-order valence-electron chi connectivity index (χ1n) is 2.62. The molecule has 4 N–H and O–H groups in total. The predicted molar refractivity (Wildman–Crippen MR) is 32.6 cm³/mol. The van der Waals surface area contributed by atoms with Gasteiger partial charge in [-0.2, -0.15) is 0 Å². The topological polar surface area (TPSA) is 50.1 Å². The molecule has 0 spiro atoms. The average Bonchev–Trinajstić information content (AvgIpc) is 1.86. The van der Waals surface area contributed by atoms with Gasteiger partial charge in [0.15, 0.2) is 0 Å². The van der Waals surface area contributed by atoms with Crippen molar-refractivity contribution in [1.29, 1.82) is 0 Å². The molecule has 0 aromatic heterocycles.